The lowest BCUT2D eigenvalue weighted by Crippen LogP contribution is -2.39. The Labute approximate surface area is 88.5 Å². The molecule has 2 nitrogen and oxygen atoms in total. The second-order valence-electron chi connectivity index (χ2n) is 4.07. The minimum absolute atomic E-state index is 0.377. The van der Waals surface area contributed by atoms with Crippen molar-refractivity contribution in [3.63, 3.8) is 0 Å². The van der Waals surface area contributed by atoms with Gasteiger partial charge in [0.25, 0.3) is 0 Å². The third-order valence-electron chi connectivity index (χ3n) is 3.16. The number of phenols is 1. The van der Waals surface area contributed by atoms with Gasteiger partial charge in [-0.2, -0.15) is 0 Å². The van der Waals surface area contributed by atoms with E-state index < -0.39 is 0 Å². The molecule has 1 aliphatic rings. The van der Waals surface area contributed by atoms with Crippen LogP contribution in [0.1, 0.15) is 11.5 Å². The van der Waals surface area contributed by atoms with E-state index in [1.54, 1.807) is 6.07 Å². The van der Waals surface area contributed by atoms with Crippen molar-refractivity contribution >= 4 is 10.8 Å². The number of nitrogens with one attached hydrogen (secondary N) is 1. The van der Waals surface area contributed by atoms with Gasteiger partial charge in [0.15, 0.2) is 0 Å². The third kappa shape index (κ3) is 1.29. The fourth-order valence-electron chi connectivity index (χ4n) is 2.17. The molecule has 76 valence electrons. The van der Waals surface area contributed by atoms with E-state index in [9.17, 15) is 5.11 Å². The molecule has 2 aromatic carbocycles. The molecule has 0 aromatic heterocycles. The molecule has 2 aromatic rings. The van der Waals surface area contributed by atoms with E-state index in [2.05, 4.69) is 11.4 Å². The van der Waals surface area contributed by atoms with Gasteiger partial charge >= 0.3 is 0 Å². The number of rotatable bonds is 1. The van der Waals surface area contributed by atoms with Gasteiger partial charge < -0.3 is 10.4 Å². The highest BCUT2D eigenvalue weighted by Crippen LogP contribution is 2.32. The number of hydrogen-bond donors (Lipinski definition) is 2. The van der Waals surface area contributed by atoms with Gasteiger partial charge in [-0.15, -0.1) is 0 Å². The minimum atomic E-state index is 0.377. The zero-order chi connectivity index (χ0) is 10.3. The maximum Gasteiger partial charge on any atom is 0.123 e. The van der Waals surface area contributed by atoms with Crippen molar-refractivity contribution in [2.45, 2.75) is 5.92 Å². The molecular weight excluding hydrogens is 186 g/mol. The number of aromatic hydroxyl groups is 1. The summed E-state index contributed by atoms with van der Waals surface area (Å²) in [6, 6.07) is 11.9. The van der Waals surface area contributed by atoms with Gasteiger partial charge in [0.1, 0.15) is 5.75 Å². The molecule has 0 saturated carbocycles. The van der Waals surface area contributed by atoms with Crippen LogP contribution in [0.4, 0.5) is 0 Å². The van der Waals surface area contributed by atoms with Gasteiger partial charge in [-0.1, -0.05) is 30.3 Å². The van der Waals surface area contributed by atoms with Crippen LogP contribution in [0.5, 0.6) is 5.75 Å². The van der Waals surface area contributed by atoms with Crippen molar-refractivity contribution in [2.75, 3.05) is 13.1 Å². The maximum absolute atomic E-state index is 9.75. The smallest absolute Gasteiger partial charge is 0.123 e. The van der Waals surface area contributed by atoms with Gasteiger partial charge in [0.2, 0.25) is 0 Å². The standard InChI is InChI=1S/C13H13NO/c15-13-6-5-10(9-7-14-8-9)11-3-1-2-4-12(11)13/h1-6,9,14-15H,7-8H2. The van der Waals surface area contributed by atoms with E-state index in [0.29, 0.717) is 11.7 Å². The predicted molar refractivity (Wildman–Crippen MR) is 61.2 cm³/mol. The van der Waals surface area contributed by atoms with Crippen LogP contribution in [0.2, 0.25) is 0 Å². The summed E-state index contributed by atoms with van der Waals surface area (Å²) in [4.78, 5) is 0. The topological polar surface area (TPSA) is 32.3 Å². The lowest BCUT2D eigenvalue weighted by molar-refractivity contribution is 0.449. The molecule has 0 aliphatic carbocycles. The zero-order valence-electron chi connectivity index (χ0n) is 8.40. The highest BCUT2D eigenvalue weighted by atomic mass is 16.3. The lowest BCUT2D eigenvalue weighted by Gasteiger charge is -2.28. The van der Waals surface area contributed by atoms with Crippen molar-refractivity contribution in [3.05, 3.63) is 42.0 Å². The number of hydrogen-bond acceptors (Lipinski definition) is 2. The SMILES string of the molecule is Oc1ccc(C2CNC2)c2ccccc12. The first-order chi connectivity index (χ1) is 7.36. The Bertz CT molecular complexity index is 503. The summed E-state index contributed by atoms with van der Waals surface area (Å²) in [6.07, 6.45) is 0. The molecule has 1 fully saturated rings. The van der Waals surface area contributed by atoms with Crippen LogP contribution in [0.3, 0.4) is 0 Å². The first kappa shape index (κ1) is 8.74. The molecule has 3 rings (SSSR count). The van der Waals surface area contributed by atoms with Crippen LogP contribution in [-0.2, 0) is 0 Å². The Morgan fingerprint density at radius 2 is 1.73 bits per heavy atom. The number of phenolic OH excluding ortho intramolecular Hbond substituents is 1. The minimum Gasteiger partial charge on any atom is -0.507 e. The van der Waals surface area contributed by atoms with Crippen LogP contribution in [0.15, 0.2) is 36.4 Å². The Hall–Kier alpha value is -1.54. The molecule has 0 bridgehead atoms. The summed E-state index contributed by atoms with van der Waals surface area (Å²) in [5.74, 6) is 0.983. The summed E-state index contributed by atoms with van der Waals surface area (Å²) in [5.41, 5.74) is 1.35. The molecule has 0 radical (unpaired) electrons. The average molecular weight is 199 g/mol. The molecule has 2 heteroatoms. The summed E-state index contributed by atoms with van der Waals surface area (Å²) in [5, 5.41) is 15.2. The monoisotopic (exact) mass is 199 g/mol. The van der Waals surface area contributed by atoms with Crippen molar-refractivity contribution in [1.82, 2.24) is 5.32 Å². The van der Waals surface area contributed by atoms with Crippen LogP contribution in [-0.4, -0.2) is 18.2 Å². The maximum atomic E-state index is 9.75. The average Bonchev–Trinajstić information content (AvgIpc) is 2.20. The molecule has 1 aliphatic heterocycles. The van der Waals surface area contributed by atoms with Crippen LogP contribution >= 0.6 is 0 Å². The van der Waals surface area contributed by atoms with E-state index >= 15 is 0 Å². The number of fused-ring (bicyclic) bond motifs is 1. The van der Waals surface area contributed by atoms with Gasteiger partial charge in [-0.05, 0) is 17.0 Å². The van der Waals surface area contributed by atoms with E-state index in [-0.39, 0.29) is 0 Å². The van der Waals surface area contributed by atoms with Crippen LogP contribution in [0.25, 0.3) is 10.8 Å². The molecule has 0 amide bonds. The Morgan fingerprint density at radius 3 is 2.40 bits per heavy atom. The highest BCUT2D eigenvalue weighted by Gasteiger charge is 2.21. The van der Waals surface area contributed by atoms with Gasteiger partial charge in [0.05, 0.1) is 0 Å². The molecular formula is C13H13NO. The predicted octanol–water partition coefficient (Wildman–Crippen LogP) is 2.23. The first-order valence-corrected chi connectivity index (χ1v) is 5.27. The molecule has 15 heavy (non-hydrogen) atoms. The summed E-state index contributed by atoms with van der Waals surface area (Å²) in [6.45, 7) is 2.10. The van der Waals surface area contributed by atoms with Crippen molar-refractivity contribution in [2.24, 2.45) is 0 Å². The molecule has 0 spiro atoms. The highest BCUT2D eigenvalue weighted by molar-refractivity contribution is 5.91. The van der Waals surface area contributed by atoms with E-state index in [4.69, 9.17) is 0 Å². The fourth-order valence-corrected chi connectivity index (χ4v) is 2.17. The van der Waals surface area contributed by atoms with Crippen LogP contribution in [0, 0.1) is 0 Å². The molecule has 0 unspecified atom stereocenters. The fraction of sp³-hybridized carbons (Fsp3) is 0.231. The van der Waals surface area contributed by atoms with E-state index in [1.807, 2.05) is 24.3 Å². The Balaban J connectivity index is 2.25. The Kier molecular flexibility index (Phi) is 1.89. The summed E-state index contributed by atoms with van der Waals surface area (Å²) >= 11 is 0. The van der Waals surface area contributed by atoms with Gasteiger partial charge in [-0.3, -0.25) is 0 Å². The van der Waals surface area contributed by atoms with E-state index in [0.717, 1.165) is 18.5 Å². The molecule has 1 saturated heterocycles. The Morgan fingerprint density at radius 1 is 1.00 bits per heavy atom. The van der Waals surface area contributed by atoms with Crippen LogP contribution < -0.4 is 5.32 Å². The van der Waals surface area contributed by atoms with Gasteiger partial charge in [-0.25, -0.2) is 0 Å². The molecule has 0 atom stereocenters. The molecule has 2 N–H and O–H groups in total. The van der Waals surface area contributed by atoms with Crippen molar-refractivity contribution in [1.29, 1.82) is 0 Å². The summed E-state index contributed by atoms with van der Waals surface area (Å²) in [7, 11) is 0. The second kappa shape index (κ2) is 3.24. The summed E-state index contributed by atoms with van der Waals surface area (Å²) < 4.78 is 0. The normalized spacial score (nSPS) is 16.5. The van der Waals surface area contributed by atoms with Crippen molar-refractivity contribution in [3.8, 4) is 5.75 Å². The zero-order valence-corrected chi connectivity index (χ0v) is 8.40. The lowest BCUT2D eigenvalue weighted by atomic mass is 9.89. The van der Waals surface area contributed by atoms with E-state index in [1.165, 1.54) is 10.9 Å². The first-order valence-electron chi connectivity index (χ1n) is 5.27. The largest absolute Gasteiger partial charge is 0.507 e. The third-order valence-corrected chi connectivity index (χ3v) is 3.16. The molecule has 1 heterocycles. The quantitative estimate of drug-likeness (QED) is 0.738. The number of benzene rings is 2. The van der Waals surface area contributed by atoms with Crippen molar-refractivity contribution < 1.29 is 5.11 Å². The van der Waals surface area contributed by atoms with Gasteiger partial charge in [0, 0.05) is 24.4 Å². The second-order valence-corrected chi connectivity index (χ2v) is 4.07.